The molecule has 0 aliphatic carbocycles. The number of rotatable bonds is 7. The van der Waals surface area contributed by atoms with E-state index in [1.54, 1.807) is 36.6 Å². The summed E-state index contributed by atoms with van der Waals surface area (Å²) in [6.07, 6.45) is -0.246. The third-order valence-corrected chi connectivity index (χ3v) is 4.17. The van der Waals surface area contributed by atoms with Crippen molar-refractivity contribution < 1.29 is 19.4 Å². The van der Waals surface area contributed by atoms with Gasteiger partial charge >= 0.3 is 0 Å². The van der Waals surface area contributed by atoms with Gasteiger partial charge < -0.3 is 20.0 Å². The molecule has 1 N–H and O–H groups in total. The molecule has 0 aliphatic rings. The van der Waals surface area contributed by atoms with Crippen LogP contribution in [-0.2, 0) is 16.0 Å². The van der Waals surface area contributed by atoms with Crippen LogP contribution in [0.4, 0.5) is 5.69 Å². The summed E-state index contributed by atoms with van der Waals surface area (Å²) in [6.45, 7) is 4.21. The SMILES string of the molecule is CCOc1ccc(NC(=O)[C@H](C)c2nc(CC(=O)[O-])cs2)cc1. The summed E-state index contributed by atoms with van der Waals surface area (Å²) in [5, 5.41) is 15.6. The first-order chi connectivity index (χ1) is 11.0. The Bertz CT molecular complexity index is 682. The Morgan fingerprint density at radius 1 is 1.35 bits per heavy atom. The van der Waals surface area contributed by atoms with Crippen molar-refractivity contribution in [2.24, 2.45) is 0 Å². The minimum absolute atomic E-state index is 0.205. The summed E-state index contributed by atoms with van der Waals surface area (Å²) in [4.78, 5) is 27.0. The van der Waals surface area contributed by atoms with Gasteiger partial charge in [-0.1, -0.05) is 0 Å². The number of thiazole rings is 1. The highest BCUT2D eigenvalue weighted by Crippen LogP contribution is 2.23. The van der Waals surface area contributed by atoms with Gasteiger partial charge in [0.25, 0.3) is 0 Å². The lowest BCUT2D eigenvalue weighted by Crippen LogP contribution is -2.24. The number of amides is 1. The Labute approximate surface area is 138 Å². The Morgan fingerprint density at radius 2 is 2.04 bits per heavy atom. The second-order valence-corrected chi connectivity index (χ2v) is 5.78. The third-order valence-electron chi connectivity index (χ3n) is 3.09. The van der Waals surface area contributed by atoms with E-state index in [1.165, 1.54) is 11.3 Å². The van der Waals surface area contributed by atoms with E-state index < -0.39 is 11.9 Å². The van der Waals surface area contributed by atoms with Gasteiger partial charge in [-0.15, -0.1) is 11.3 Å². The molecule has 2 aromatic rings. The van der Waals surface area contributed by atoms with E-state index in [0.717, 1.165) is 5.75 Å². The van der Waals surface area contributed by atoms with Crippen molar-refractivity contribution >= 4 is 28.9 Å². The zero-order chi connectivity index (χ0) is 16.8. The summed E-state index contributed by atoms with van der Waals surface area (Å²) < 4.78 is 5.34. The Kier molecular flexibility index (Phi) is 5.70. The van der Waals surface area contributed by atoms with Gasteiger partial charge in [-0.2, -0.15) is 0 Å². The number of carboxylic acid groups (broad SMARTS) is 1. The second-order valence-electron chi connectivity index (χ2n) is 4.89. The molecule has 1 aromatic heterocycles. The molecule has 0 spiro atoms. The van der Waals surface area contributed by atoms with Gasteiger partial charge in [-0.05, 0) is 38.1 Å². The molecule has 0 radical (unpaired) electrons. The number of nitrogens with zero attached hydrogens (tertiary/aromatic N) is 1. The van der Waals surface area contributed by atoms with E-state index >= 15 is 0 Å². The van der Waals surface area contributed by atoms with Crippen LogP contribution in [0.2, 0.25) is 0 Å². The molecule has 1 amide bonds. The molecule has 0 fully saturated rings. The fraction of sp³-hybridized carbons (Fsp3) is 0.312. The highest BCUT2D eigenvalue weighted by molar-refractivity contribution is 7.09. The van der Waals surface area contributed by atoms with E-state index in [1.807, 2.05) is 6.92 Å². The summed E-state index contributed by atoms with van der Waals surface area (Å²) in [7, 11) is 0. The fourth-order valence-electron chi connectivity index (χ4n) is 1.91. The maximum atomic E-state index is 12.3. The number of hydrogen-bond donors (Lipinski definition) is 1. The third kappa shape index (κ3) is 4.79. The summed E-state index contributed by atoms with van der Waals surface area (Å²) in [5.74, 6) is -1.12. The number of anilines is 1. The standard InChI is InChI=1S/C16H18N2O4S/c1-3-22-13-6-4-11(5-7-13)17-15(21)10(2)16-18-12(9-23-16)8-14(19)20/h4-7,9-10H,3,8H2,1-2H3,(H,17,21)(H,19,20)/p-1/t10-/m0/s1. The van der Waals surface area contributed by atoms with E-state index in [0.29, 0.717) is 23.0 Å². The average Bonchev–Trinajstić information content (AvgIpc) is 2.96. The van der Waals surface area contributed by atoms with Gasteiger partial charge in [0.05, 0.1) is 18.2 Å². The van der Waals surface area contributed by atoms with Crippen molar-refractivity contribution in [3.63, 3.8) is 0 Å². The van der Waals surface area contributed by atoms with Crippen molar-refractivity contribution in [2.45, 2.75) is 26.2 Å². The molecule has 1 heterocycles. The van der Waals surface area contributed by atoms with Crippen molar-refractivity contribution in [3.05, 3.63) is 40.3 Å². The number of aliphatic carboxylic acids is 1. The first-order valence-electron chi connectivity index (χ1n) is 7.17. The van der Waals surface area contributed by atoms with Crippen LogP contribution in [0, 0.1) is 0 Å². The number of carbonyl (C=O) groups excluding carboxylic acids is 2. The maximum Gasteiger partial charge on any atom is 0.234 e. The monoisotopic (exact) mass is 333 g/mol. The van der Waals surface area contributed by atoms with Crippen molar-refractivity contribution in [2.75, 3.05) is 11.9 Å². The first-order valence-corrected chi connectivity index (χ1v) is 8.05. The van der Waals surface area contributed by atoms with Crippen LogP contribution in [0.3, 0.4) is 0 Å². The first kappa shape index (κ1) is 17.0. The number of carboxylic acids is 1. The molecule has 0 saturated carbocycles. The average molecular weight is 333 g/mol. The largest absolute Gasteiger partial charge is 0.550 e. The van der Waals surface area contributed by atoms with Crippen LogP contribution in [0.25, 0.3) is 0 Å². The number of benzene rings is 1. The Morgan fingerprint density at radius 3 is 2.65 bits per heavy atom. The topological polar surface area (TPSA) is 91.3 Å². The molecule has 0 aliphatic heterocycles. The van der Waals surface area contributed by atoms with E-state index in [9.17, 15) is 14.7 Å². The summed E-state index contributed by atoms with van der Waals surface area (Å²) in [6, 6.07) is 7.09. The highest BCUT2D eigenvalue weighted by Gasteiger charge is 2.19. The minimum atomic E-state index is -1.19. The van der Waals surface area contributed by atoms with E-state index in [-0.39, 0.29) is 12.3 Å². The van der Waals surface area contributed by atoms with Gasteiger partial charge in [0, 0.05) is 23.5 Å². The van der Waals surface area contributed by atoms with E-state index in [2.05, 4.69) is 10.3 Å². The predicted molar refractivity (Wildman–Crippen MR) is 85.5 cm³/mol. The van der Waals surface area contributed by atoms with Crippen molar-refractivity contribution in [3.8, 4) is 5.75 Å². The maximum absolute atomic E-state index is 12.3. The van der Waals surface area contributed by atoms with Gasteiger partial charge in [-0.25, -0.2) is 4.98 Å². The normalized spacial score (nSPS) is 11.7. The lowest BCUT2D eigenvalue weighted by atomic mass is 10.1. The summed E-state index contributed by atoms with van der Waals surface area (Å²) >= 11 is 1.26. The Balaban J connectivity index is 1.99. The molecule has 23 heavy (non-hydrogen) atoms. The van der Waals surface area contributed by atoms with Gasteiger partial charge in [-0.3, -0.25) is 4.79 Å². The fourth-order valence-corrected chi connectivity index (χ4v) is 2.79. The van der Waals surface area contributed by atoms with Crippen molar-refractivity contribution in [1.29, 1.82) is 0 Å². The van der Waals surface area contributed by atoms with Gasteiger partial charge in [0.15, 0.2) is 0 Å². The van der Waals surface area contributed by atoms with Crippen LogP contribution >= 0.6 is 11.3 Å². The number of aromatic nitrogens is 1. The zero-order valence-corrected chi connectivity index (χ0v) is 13.7. The lowest BCUT2D eigenvalue weighted by Gasteiger charge is -2.10. The second kappa shape index (κ2) is 7.73. The molecule has 6 nitrogen and oxygen atoms in total. The molecular formula is C16H17N2O4S-. The molecule has 1 atom stereocenters. The summed E-state index contributed by atoms with van der Waals surface area (Å²) in [5.41, 5.74) is 1.07. The Hall–Kier alpha value is -2.41. The molecule has 0 unspecified atom stereocenters. The molecule has 0 saturated heterocycles. The molecule has 7 heteroatoms. The lowest BCUT2D eigenvalue weighted by molar-refractivity contribution is -0.304. The van der Waals surface area contributed by atoms with Crippen LogP contribution in [0.1, 0.15) is 30.5 Å². The van der Waals surface area contributed by atoms with Crippen LogP contribution in [0.15, 0.2) is 29.6 Å². The van der Waals surface area contributed by atoms with Crippen molar-refractivity contribution in [1.82, 2.24) is 4.98 Å². The van der Waals surface area contributed by atoms with Crippen LogP contribution in [0.5, 0.6) is 5.75 Å². The number of nitrogens with one attached hydrogen (secondary N) is 1. The quantitative estimate of drug-likeness (QED) is 0.830. The molecule has 2 rings (SSSR count). The zero-order valence-electron chi connectivity index (χ0n) is 12.9. The number of ether oxygens (including phenoxy) is 1. The van der Waals surface area contributed by atoms with Gasteiger partial charge in [0.1, 0.15) is 10.8 Å². The smallest absolute Gasteiger partial charge is 0.234 e. The number of hydrogen-bond acceptors (Lipinski definition) is 6. The minimum Gasteiger partial charge on any atom is -0.550 e. The molecular weight excluding hydrogens is 316 g/mol. The highest BCUT2D eigenvalue weighted by atomic mass is 32.1. The van der Waals surface area contributed by atoms with Crippen LogP contribution < -0.4 is 15.2 Å². The molecule has 122 valence electrons. The predicted octanol–water partition coefficient (Wildman–Crippen LogP) is 1.58. The van der Waals surface area contributed by atoms with Gasteiger partial charge in [0.2, 0.25) is 5.91 Å². The van der Waals surface area contributed by atoms with Crippen LogP contribution in [-0.4, -0.2) is 23.5 Å². The molecule has 1 aromatic carbocycles. The molecule has 0 bridgehead atoms. The van der Waals surface area contributed by atoms with E-state index in [4.69, 9.17) is 4.74 Å². The number of carbonyl (C=O) groups is 2.